The van der Waals surface area contributed by atoms with Crippen molar-refractivity contribution in [3.05, 3.63) is 11.1 Å². The van der Waals surface area contributed by atoms with Crippen LogP contribution in [0.15, 0.2) is 5.38 Å². The molecule has 0 aliphatic carbocycles. The van der Waals surface area contributed by atoms with E-state index in [2.05, 4.69) is 4.98 Å². The summed E-state index contributed by atoms with van der Waals surface area (Å²) in [4.78, 5) is 15.6. The number of nitrogen functional groups attached to an aromatic ring is 1. The summed E-state index contributed by atoms with van der Waals surface area (Å²) < 4.78 is 4.94. The van der Waals surface area contributed by atoms with E-state index in [-0.39, 0.29) is 11.9 Å². The summed E-state index contributed by atoms with van der Waals surface area (Å²) in [5.74, 6) is -0.496. The average molecular weight is 214 g/mol. The highest BCUT2D eigenvalue weighted by atomic mass is 32.1. The van der Waals surface area contributed by atoms with E-state index in [1.54, 1.807) is 12.3 Å². The third-order valence-electron chi connectivity index (χ3n) is 1.88. The van der Waals surface area contributed by atoms with Crippen LogP contribution in [0.2, 0.25) is 0 Å². The van der Waals surface area contributed by atoms with E-state index >= 15 is 0 Å². The van der Waals surface area contributed by atoms with Gasteiger partial charge < -0.3 is 10.5 Å². The maximum absolute atomic E-state index is 11.5. The Balaban J connectivity index is 2.76. The molecule has 1 rings (SSSR count). The van der Waals surface area contributed by atoms with Gasteiger partial charge in [-0.05, 0) is 13.3 Å². The van der Waals surface area contributed by atoms with Crippen LogP contribution in [0, 0.1) is 0 Å². The number of hydrogen-bond donors (Lipinski definition) is 1. The van der Waals surface area contributed by atoms with Gasteiger partial charge in [0.15, 0.2) is 5.13 Å². The van der Waals surface area contributed by atoms with Gasteiger partial charge >= 0.3 is 5.97 Å². The van der Waals surface area contributed by atoms with Crippen LogP contribution in [-0.2, 0) is 9.53 Å². The van der Waals surface area contributed by atoms with E-state index < -0.39 is 0 Å². The van der Waals surface area contributed by atoms with Crippen molar-refractivity contribution in [1.29, 1.82) is 0 Å². The Hall–Kier alpha value is -1.10. The van der Waals surface area contributed by atoms with Crippen molar-refractivity contribution >= 4 is 22.4 Å². The van der Waals surface area contributed by atoms with Gasteiger partial charge in [0.05, 0.1) is 18.2 Å². The topological polar surface area (TPSA) is 65.2 Å². The van der Waals surface area contributed by atoms with Crippen molar-refractivity contribution in [3.63, 3.8) is 0 Å². The van der Waals surface area contributed by atoms with Crippen LogP contribution in [0.5, 0.6) is 0 Å². The first kappa shape index (κ1) is 11.0. The third kappa shape index (κ3) is 2.45. The first-order chi connectivity index (χ1) is 6.69. The van der Waals surface area contributed by atoms with E-state index in [0.717, 1.165) is 0 Å². The Kier molecular flexibility index (Phi) is 3.88. The molecule has 1 aromatic rings. The summed E-state index contributed by atoms with van der Waals surface area (Å²) in [6.07, 6.45) is 0.683. The van der Waals surface area contributed by atoms with E-state index in [1.807, 2.05) is 6.92 Å². The second-order valence-electron chi connectivity index (χ2n) is 2.82. The maximum atomic E-state index is 11.5. The lowest BCUT2D eigenvalue weighted by molar-refractivity contribution is -0.145. The summed E-state index contributed by atoms with van der Waals surface area (Å²) in [6.45, 7) is 4.12. The average Bonchev–Trinajstić information content (AvgIpc) is 2.54. The second-order valence-corrected chi connectivity index (χ2v) is 3.71. The van der Waals surface area contributed by atoms with Gasteiger partial charge in [-0.25, -0.2) is 4.98 Å². The molecule has 0 amide bonds. The molecule has 0 radical (unpaired) electrons. The minimum atomic E-state index is -0.275. The Bertz CT molecular complexity index is 312. The number of rotatable bonds is 4. The minimum Gasteiger partial charge on any atom is -0.465 e. The number of carbonyl (C=O) groups excluding carboxylic acids is 1. The van der Waals surface area contributed by atoms with Crippen LogP contribution in [0.1, 0.15) is 31.9 Å². The molecule has 0 aromatic carbocycles. The number of hydrogen-bond acceptors (Lipinski definition) is 5. The number of esters is 1. The van der Waals surface area contributed by atoms with Crippen molar-refractivity contribution in [3.8, 4) is 0 Å². The summed E-state index contributed by atoms with van der Waals surface area (Å²) in [5.41, 5.74) is 6.22. The lowest BCUT2D eigenvalue weighted by Crippen LogP contribution is -2.15. The van der Waals surface area contributed by atoms with E-state index in [0.29, 0.717) is 23.9 Å². The van der Waals surface area contributed by atoms with Crippen LogP contribution in [0.3, 0.4) is 0 Å². The van der Waals surface area contributed by atoms with Crippen LogP contribution in [0.4, 0.5) is 5.13 Å². The van der Waals surface area contributed by atoms with Crippen LogP contribution in [-0.4, -0.2) is 17.6 Å². The number of ether oxygens (including phenoxy) is 1. The zero-order chi connectivity index (χ0) is 10.6. The van der Waals surface area contributed by atoms with Crippen molar-refractivity contribution in [1.82, 2.24) is 4.98 Å². The first-order valence-electron chi connectivity index (χ1n) is 4.56. The fourth-order valence-electron chi connectivity index (χ4n) is 1.20. The first-order valence-corrected chi connectivity index (χ1v) is 5.44. The predicted molar refractivity (Wildman–Crippen MR) is 56.2 cm³/mol. The van der Waals surface area contributed by atoms with Gasteiger partial charge in [-0.2, -0.15) is 0 Å². The zero-order valence-electron chi connectivity index (χ0n) is 8.32. The highest BCUT2D eigenvalue weighted by Gasteiger charge is 2.22. The molecule has 0 aliphatic heterocycles. The molecule has 1 heterocycles. The van der Waals surface area contributed by atoms with E-state index in [4.69, 9.17) is 10.5 Å². The molecule has 0 fully saturated rings. The van der Waals surface area contributed by atoms with Crippen LogP contribution >= 0.6 is 11.3 Å². The van der Waals surface area contributed by atoms with Gasteiger partial charge in [-0.1, -0.05) is 6.92 Å². The summed E-state index contributed by atoms with van der Waals surface area (Å²) in [7, 11) is 0. The number of thiazole rings is 1. The zero-order valence-corrected chi connectivity index (χ0v) is 9.13. The Morgan fingerprint density at radius 2 is 2.43 bits per heavy atom. The van der Waals surface area contributed by atoms with E-state index in [9.17, 15) is 4.79 Å². The van der Waals surface area contributed by atoms with Crippen molar-refractivity contribution in [2.75, 3.05) is 12.3 Å². The molecule has 0 spiro atoms. The van der Waals surface area contributed by atoms with Gasteiger partial charge in [0.2, 0.25) is 0 Å². The molecule has 0 aliphatic rings. The molecule has 1 unspecified atom stereocenters. The lowest BCUT2D eigenvalue weighted by Gasteiger charge is -2.10. The summed E-state index contributed by atoms with van der Waals surface area (Å²) in [6, 6.07) is 0. The highest BCUT2D eigenvalue weighted by Crippen LogP contribution is 2.23. The molecular weight excluding hydrogens is 200 g/mol. The monoisotopic (exact) mass is 214 g/mol. The molecule has 14 heavy (non-hydrogen) atoms. The quantitative estimate of drug-likeness (QED) is 0.776. The number of nitrogens with zero attached hydrogens (tertiary/aromatic N) is 1. The van der Waals surface area contributed by atoms with Gasteiger partial charge in [-0.15, -0.1) is 11.3 Å². The summed E-state index contributed by atoms with van der Waals surface area (Å²) in [5, 5.41) is 2.29. The minimum absolute atomic E-state index is 0.222. The normalized spacial score (nSPS) is 12.4. The van der Waals surface area contributed by atoms with Crippen molar-refractivity contribution in [2.45, 2.75) is 26.2 Å². The van der Waals surface area contributed by atoms with Gasteiger partial charge in [0.25, 0.3) is 0 Å². The Morgan fingerprint density at radius 1 is 1.71 bits per heavy atom. The number of anilines is 1. The smallest absolute Gasteiger partial charge is 0.315 e. The molecule has 0 saturated carbocycles. The van der Waals surface area contributed by atoms with Gasteiger partial charge in [0, 0.05) is 5.38 Å². The Labute approximate surface area is 87.1 Å². The maximum Gasteiger partial charge on any atom is 0.315 e. The number of aromatic nitrogens is 1. The van der Waals surface area contributed by atoms with Crippen molar-refractivity contribution in [2.24, 2.45) is 0 Å². The standard InChI is InChI=1S/C9H14N2O2S/c1-3-6(8(12)13-4-2)7-5-14-9(10)11-7/h5-6H,3-4H2,1-2H3,(H2,10,11). The van der Waals surface area contributed by atoms with Crippen molar-refractivity contribution < 1.29 is 9.53 Å². The molecule has 1 aromatic heterocycles. The summed E-state index contributed by atoms with van der Waals surface area (Å²) >= 11 is 1.34. The van der Waals surface area contributed by atoms with Crippen LogP contribution in [0.25, 0.3) is 0 Å². The SMILES string of the molecule is CCOC(=O)C(CC)c1csc(N)n1. The molecule has 0 bridgehead atoms. The number of nitrogens with two attached hydrogens (primary N) is 1. The molecule has 4 nitrogen and oxygen atoms in total. The molecule has 78 valence electrons. The molecule has 2 N–H and O–H groups in total. The molecule has 5 heteroatoms. The third-order valence-corrected chi connectivity index (χ3v) is 2.57. The molecule has 1 atom stereocenters. The predicted octanol–water partition coefficient (Wildman–Crippen LogP) is 1.78. The fraction of sp³-hybridized carbons (Fsp3) is 0.556. The highest BCUT2D eigenvalue weighted by molar-refractivity contribution is 7.13. The number of carbonyl (C=O) groups is 1. The molecule has 0 saturated heterocycles. The fourth-order valence-corrected chi connectivity index (χ4v) is 1.82. The Morgan fingerprint density at radius 3 is 2.86 bits per heavy atom. The lowest BCUT2D eigenvalue weighted by atomic mass is 10.0. The largest absolute Gasteiger partial charge is 0.465 e. The van der Waals surface area contributed by atoms with Gasteiger partial charge in [0.1, 0.15) is 0 Å². The second kappa shape index (κ2) is 4.95. The molecular formula is C9H14N2O2S. The van der Waals surface area contributed by atoms with E-state index in [1.165, 1.54) is 11.3 Å². The van der Waals surface area contributed by atoms with Gasteiger partial charge in [-0.3, -0.25) is 4.79 Å². The van der Waals surface area contributed by atoms with Crippen LogP contribution < -0.4 is 5.73 Å².